The second-order valence-corrected chi connectivity index (χ2v) is 38.8. The Morgan fingerprint density at radius 2 is 0.855 bits per heavy atom. The Balaban J connectivity index is 1.31. The lowest BCUT2D eigenvalue weighted by Gasteiger charge is -2.43. The highest BCUT2D eigenvalue weighted by Crippen LogP contribution is 2.51. The van der Waals surface area contributed by atoms with E-state index in [4.69, 9.17) is 28.4 Å². The molecule has 0 spiro atoms. The van der Waals surface area contributed by atoms with E-state index in [0.29, 0.717) is 0 Å². The molecule has 2 aromatic carbocycles. The van der Waals surface area contributed by atoms with Crippen molar-refractivity contribution in [3.8, 4) is 0 Å². The molecule has 4 fully saturated rings. The van der Waals surface area contributed by atoms with Crippen molar-refractivity contribution in [3.63, 3.8) is 0 Å². The molecule has 6 rings (SSSR count). The molecule has 350 valence electrons. The van der Waals surface area contributed by atoms with Crippen molar-refractivity contribution in [2.24, 2.45) is 0 Å². The molecule has 4 aliphatic heterocycles. The summed E-state index contributed by atoms with van der Waals surface area (Å²) in [4.78, 5) is 0.309. The minimum Gasteiger partial charge on any atom is -0.371 e. The third-order valence-corrected chi connectivity index (χ3v) is 31.1. The topological polar surface area (TPSA) is 148 Å². The molecule has 0 aliphatic carbocycles. The van der Waals surface area contributed by atoms with Gasteiger partial charge in [0.2, 0.25) is 20.0 Å². The van der Waals surface area contributed by atoms with E-state index in [9.17, 15) is 16.8 Å². The van der Waals surface area contributed by atoms with E-state index in [-0.39, 0.29) is 55.0 Å². The number of hydrogen-bond donors (Lipinski definition) is 2. The Morgan fingerprint density at radius 1 is 0.565 bits per heavy atom. The van der Waals surface area contributed by atoms with Crippen molar-refractivity contribution >= 4 is 57.8 Å². The van der Waals surface area contributed by atoms with Gasteiger partial charge in [0.15, 0.2) is 11.6 Å². The van der Waals surface area contributed by atoms with Gasteiger partial charge in [-0.25, -0.2) is 26.3 Å². The Morgan fingerprint density at radius 3 is 1.15 bits per heavy atom. The third-order valence-electron chi connectivity index (χ3n) is 14.1. The van der Waals surface area contributed by atoms with Crippen LogP contribution < -0.4 is 9.44 Å². The van der Waals surface area contributed by atoms with Crippen LogP contribution in [-0.2, 0) is 48.5 Å². The molecule has 0 unspecified atom stereocenters. The fourth-order valence-electron chi connectivity index (χ4n) is 8.53. The van der Waals surface area contributed by atoms with Crippen LogP contribution in [0.4, 0.5) is 0 Å². The van der Waals surface area contributed by atoms with Gasteiger partial charge in [0, 0.05) is 11.5 Å². The highest BCUT2D eigenvalue weighted by Gasteiger charge is 2.64. The van der Waals surface area contributed by atoms with Crippen LogP contribution in [0.25, 0.3) is 0 Å². The molecule has 4 saturated heterocycles. The molecule has 10 atom stereocenters. The summed E-state index contributed by atoms with van der Waals surface area (Å²) in [6, 6.07) is 12.1. The number of sulfonamides is 2. The zero-order valence-corrected chi connectivity index (χ0v) is 44.8. The summed E-state index contributed by atoms with van der Waals surface area (Å²) >= 11 is 0. The van der Waals surface area contributed by atoms with Crippen LogP contribution in [-0.4, -0.2) is 116 Å². The van der Waals surface area contributed by atoms with Gasteiger partial charge in [-0.05, 0) is 75.9 Å². The lowest BCUT2D eigenvalue weighted by Crippen LogP contribution is -2.55. The summed E-state index contributed by atoms with van der Waals surface area (Å²) in [5.41, 5.74) is 1.37. The first-order valence-corrected chi connectivity index (χ1v) is 33.3. The predicted octanol–water partition coefficient (Wildman–Crippen LogP) is 8.35. The van der Waals surface area contributed by atoms with E-state index in [1.54, 1.807) is 48.5 Å². The Labute approximate surface area is 382 Å². The maximum Gasteiger partial charge on any atom is 0.240 e. The number of aryl methyl sites for hydroxylation is 2. The average Bonchev–Trinajstić information content (AvgIpc) is 3.84. The van der Waals surface area contributed by atoms with Gasteiger partial charge >= 0.3 is 0 Å². The summed E-state index contributed by atoms with van der Waals surface area (Å²) in [5.74, 6) is -1.20. The molecule has 0 aromatic heterocycles. The molecule has 0 radical (unpaired) electrons. The van der Waals surface area contributed by atoms with Crippen LogP contribution in [0.15, 0.2) is 58.3 Å². The molecule has 0 bridgehead atoms. The smallest absolute Gasteiger partial charge is 0.240 e. The van der Waals surface area contributed by atoms with Gasteiger partial charge in [0.1, 0.15) is 36.6 Å². The highest BCUT2D eigenvalue weighted by atomic mass is 33.1. The van der Waals surface area contributed by atoms with Gasteiger partial charge in [0.05, 0.1) is 49.5 Å². The van der Waals surface area contributed by atoms with Crippen LogP contribution >= 0.6 is 21.6 Å². The van der Waals surface area contributed by atoms with E-state index in [2.05, 4.69) is 77.2 Å². The average molecular weight is 974 g/mol. The van der Waals surface area contributed by atoms with E-state index in [1.165, 1.54) is 21.6 Å². The van der Waals surface area contributed by atoms with Crippen molar-refractivity contribution in [1.29, 1.82) is 0 Å². The number of hydrogen-bond acceptors (Lipinski definition) is 12. The first-order chi connectivity index (χ1) is 28.3. The summed E-state index contributed by atoms with van der Waals surface area (Å²) < 4.78 is 103. The molecule has 2 N–H and O–H groups in total. The zero-order valence-electron chi connectivity index (χ0n) is 39.5. The maximum atomic E-state index is 14.2. The molecule has 18 heteroatoms. The van der Waals surface area contributed by atoms with Crippen LogP contribution in [0.2, 0.25) is 36.3 Å². The van der Waals surface area contributed by atoms with E-state index in [1.807, 2.05) is 41.5 Å². The van der Waals surface area contributed by atoms with E-state index >= 15 is 0 Å². The second kappa shape index (κ2) is 17.7. The fraction of sp³-hybridized carbons (Fsp3) is 0.727. The number of fused-ring (bicyclic) bond motifs is 2. The minimum atomic E-state index is -4.01. The Kier molecular flexibility index (Phi) is 14.4. The first kappa shape index (κ1) is 50.6. The van der Waals surface area contributed by atoms with Gasteiger partial charge in [-0.15, -0.1) is 0 Å². The van der Waals surface area contributed by atoms with Crippen LogP contribution in [0, 0.1) is 13.8 Å². The largest absolute Gasteiger partial charge is 0.371 e. The van der Waals surface area contributed by atoms with Crippen LogP contribution in [0.5, 0.6) is 0 Å². The number of nitrogens with one attached hydrogen (secondary N) is 2. The van der Waals surface area contributed by atoms with Crippen LogP contribution in [0.3, 0.4) is 0 Å². The lowest BCUT2D eigenvalue weighted by atomic mass is 10.1. The molecular formula is C44H72N2O10S4Si2. The number of benzene rings is 2. The van der Waals surface area contributed by atoms with Gasteiger partial charge < -0.3 is 28.4 Å². The molecule has 4 heterocycles. The molecule has 12 nitrogen and oxygen atoms in total. The number of ether oxygens (including phenoxy) is 6. The maximum absolute atomic E-state index is 14.2. The Hall–Kier alpha value is -0.846. The normalized spacial score (nSPS) is 30.0. The second-order valence-electron chi connectivity index (χ2n) is 21.8. The third kappa shape index (κ3) is 10.5. The lowest BCUT2D eigenvalue weighted by molar-refractivity contribution is -0.182. The van der Waals surface area contributed by atoms with Gasteiger partial charge in [0.25, 0.3) is 0 Å². The van der Waals surface area contributed by atoms with Crippen LogP contribution in [0.1, 0.15) is 80.4 Å². The van der Waals surface area contributed by atoms with E-state index < -0.39 is 84.3 Å². The summed E-state index contributed by atoms with van der Waals surface area (Å²) in [5, 5.41) is -0.104. The Bertz CT molecular complexity index is 1970. The molecule has 0 amide bonds. The molecule has 0 saturated carbocycles. The monoisotopic (exact) mass is 972 g/mol. The number of rotatable bonds is 15. The standard InChI is InChI=1S/C44H72N2O10S4Si2/c1-27-17-21-29(22-18-27)59(47,48)45-31(33-35-37(55-43(9,10)53-35)39(51-33)61(13,14)41(3,4)5)25-57-58-26-32(46-60(49,50)30-23-19-28(2)20-24-30)34-36-38(56-44(11,12)54-36)40(52-34)62(15,16)42(6,7)8/h17-24,31-40,45-46H,25-26H2,1-16H3/t31-,32-,33-,34-,35+,36+,37+,38+,39-,40-/m1/s1. The van der Waals surface area contributed by atoms with Crippen molar-refractivity contribution < 1.29 is 45.3 Å². The summed E-state index contributed by atoms with van der Waals surface area (Å²) in [6.45, 7) is 34.0. The van der Waals surface area contributed by atoms with E-state index in [0.717, 1.165) is 11.1 Å². The molecular weight excluding hydrogens is 901 g/mol. The van der Waals surface area contributed by atoms with Crippen molar-refractivity contribution in [1.82, 2.24) is 9.44 Å². The van der Waals surface area contributed by atoms with Gasteiger partial charge in [-0.2, -0.15) is 0 Å². The highest BCUT2D eigenvalue weighted by molar-refractivity contribution is 8.76. The summed E-state index contributed by atoms with van der Waals surface area (Å²) in [7, 11) is -9.56. The quantitative estimate of drug-likeness (QED) is 0.100. The molecule has 4 aliphatic rings. The zero-order chi connectivity index (χ0) is 46.2. The van der Waals surface area contributed by atoms with Gasteiger partial charge in [-0.1, -0.05) is 125 Å². The SMILES string of the molecule is Cc1ccc(S(=O)(=O)N[C@H](CSSC[C@@H](NS(=O)(=O)c2ccc(C)cc2)[C@H]2O[C@H]([Si](C)(C)C(C)(C)C)[C@H]3OC(C)(C)O[C@@H]23)[C@H]2O[C@H]([Si](C)(C)C(C)(C)C)[C@H]3OC(C)(C)O[C@@H]23)cc1. The van der Waals surface area contributed by atoms with Crippen molar-refractivity contribution in [2.45, 2.75) is 201 Å². The fourth-order valence-corrected chi connectivity index (χ4v) is 18.6. The van der Waals surface area contributed by atoms with Crippen molar-refractivity contribution in [3.05, 3.63) is 59.7 Å². The molecule has 2 aromatic rings. The first-order valence-electron chi connectivity index (χ1n) is 21.7. The van der Waals surface area contributed by atoms with Gasteiger partial charge in [-0.3, -0.25) is 0 Å². The minimum absolute atomic E-state index is 0.0518. The predicted molar refractivity (Wildman–Crippen MR) is 255 cm³/mol. The summed E-state index contributed by atoms with van der Waals surface area (Å²) in [6.07, 6.45) is -3.12. The molecule has 62 heavy (non-hydrogen) atoms. The van der Waals surface area contributed by atoms with Crippen molar-refractivity contribution in [2.75, 3.05) is 11.5 Å².